The van der Waals surface area contributed by atoms with Crippen molar-refractivity contribution in [3.05, 3.63) is 40.0 Å². The quantitative estimate of drug-likeness (QED) is 0.768. The number of carbonyl (C=O) groups excluding carboxylic acids is 1. The van der Waals surface area contributed by atoms with Crippen molar-refractivity contribution in [3.8, 4) is 5.75 Å². The van der Waals surface area contributed by atoms with Gasteiger partial charge in [-0.15, -0.1) is 0 Å². The Hall–Kier alpha value is -2.25. The summed E-state index contributed by atoms with van der Waals surface area (Å²) in [5.41, 5.74) is 0.910. The van der Waals surface area contributed by atoms with E-state index in [9.17, 15) is 4.79 Å². The smallest absolute Gasteiger partial charge is 0.260 e. The highest BCUT2D eigenvalue weighted by Gasteiger charge is 2.23. The fourth-order valence-electron chi connectivity index (χ4n) is 2.94. The van der Waals surface area contributed by atoms with Crippen LogP contribution in [0.4, 0.5) is 11.8 Å². The third-order valence-electron chi connectivity index (χ3n) is 4.36. The Balaban J connectivity index is 1.54. The molecule has 1 aliphatic heterocycles. The molecule has 1 aromatic carbocycles. The average molecular weight is 424 g/mol. The number of amides is 1. The highest BCUT2D eigenvalue weighted by atomic mass is 35.5. The second-order valence-electron chi connectivity index (χ2n) is 6.46. The van der Waals surface area contributed by atoms with Crippen LogP contribution in [0.3, 0.4) is 0 Å². The lowest BCUT2D eigenvalue weighted by molar-refractivity contribution is -0.133. The van der Waals surface area contributed by atoms with Gasteiger partial charge in [0.1, 0.15) is 11.6 Å². The van der Waals surface area contributed by atoms with Crippen LogP contribution in [-0.2, 0) is 4.79 Å². The topological polar surface area (TPSA) is 70.6 Å². The molecule has 0 saturated carbocycles. The maximum atomic E-state index is 12.5. The van der Waals surface area contributed by atoms with Gasteiger partial charge in [-0.3, -0.25) is 4.79 Å². The third-order valence-corrected chi connectivity index (χ3v) is 4.89. The molecule has 2 aromatic rings. The van der Waals surface area contributed by atoms with Gasteiger partial charge in [0.05, 0.1) is 5.02 Å². The Bertz CT molecular complexity index is 841. The number of nitrogens with one attached hydrogen (secondary N) is 1. The van der Waals surface area contributed by atoms with E-state index in [0.29, 0.717) is 47.9 Å². The first-order valence-electron chi connectivity index (χ1n) is 9.16. The van der Waals surface area contributed by atoms with Gasteiger partial charge in [-0.2, -0.15) is 4.98 Å². The molecule has 0 bridgehead atoms. The van der Waals surface area contributed by atoms with Crippen molar-refractivity contribution in [2.24, 2.45) is 0 Å². The molecule has 7 nitrogen and oxygen atoms in total. The van der Waals surface area contributed by atoms with Gasteiger partial charge in [-0.1, -0.05) is 23.2 Å². The van der Waals surface area contributed by atoms with Crippen LogP contribution in [0.15, 0.2) is 24.3 Å². The molecule has 1 amide bonds. The summed E-state index contributed by atoms with van der Waals surface area (Å²) in [4.78, 5) is 25.4. The van der Waals surface area contributed by atoms with Crippen LogP contribution in [0.2, 0.25) is 10.0 Å². The summed E-state index contributed by atoms with van der Waals surface area (Å²) in [6.07, 6.45) is 0. The van der Waals surface area contributed by atoms with Crippen LogP contribution < -0.4 is 15.0 Å². The predicted octanol–water partition coefficient (Wildman–Crippen LogP) is 3.25. The van der Waals surface area contributed by atoms with Crippen LogP contribution >= 0.6 is 23.2 Å². The highest BCUT2D eigenvalue weighted by molar-refractivity contribution is 6.35. The first-order valence-corrected chi connectivity index (χ1v) is 9.92. The number of aryl methyl sites for hydroxylation is 1. The molecule has 1 aliphatic rings. The number of piperazine rings is 1. The van der Waals surface area contributed by atoms with Gasteiger partial charge in [0.2, 0.25) is 5.95 Å². The van der Waals surface area contributed by atoms with Gasteiger partial charge < -0.3 is 19.9 Å². The molecule has 0 spiro atoms. The molecule has 1 fully saturated rings. The van der Waals surface area contributed by atoms with Crippen molar-refractivity contribution in [1.82, 2.24) is 14.9 Å². The standard InChI is InChI=1S/C19H23Cl2N5O2/c1-3-22-17-10-13(2)23-19(24-17)26-8-6-25(7-9-26)18(27)12-28-16-5-4-14(20)11-15(16)21/h4-5,10-11H,3,6-9,12H2,1-2H3,(H,22,23,24). The summed E-state index contributed by atoms with van der Waals surface area (Å²) in [7, 11) is 0. The number of hydrogen-bond donors (Lipinski definition) is 1. The molecule has 0 aliphatic carbocycles. The van der Waals surface area contributed by atoms with Gasteiger partial charge in [0.25, 0.3) is 5.91 Å². The number of benzene rings is 1. The van der Waals surface area contributed by atoms with Crippen molar-refractivity contribution in [1.29, 1.82) is 0 Å². The summed E-state index contributed by atoms with van der Waals surface area (Å²) in [6.45, 7) is 7.23. The number of ether oxygens (including phenoxy) is 1. The van der Waals surface area contributed by atoms with Crippen LogP contribution in [0, 0.1) is 6.92 Å². The van der Waals surface area contributed by atoms with E-state index in [-0.39, 0.29) is 12.5 Å². The van der Waals surface area contributed by atoms with E-state index in [2.05, 4.69) is 20.2 Å². The second-order valence-corrected chi connectivity index (χ2v) is 7.30. The van der Waals surface area contributed by atoms with E-state index in [1.54, 1.807) is 23.1 Å². The van der Waals surface area contributed by atoms with E-state index >= 15 is 0 Å². The maximum Gasteiger partial charge on any atom is 0.260 e. The molecule has 1 aromatic heterocycles. The molecule has 2 heterocycles. The molecule has 3 rings (SSSR count). The molecule has 0 unspecified atom stereocenters. The van der Waals surface area contributed by atoms with E-state index in [1.165, 1.54) is 0 Å². The molecule has 0 radical (unpaired) electrons. The second kappa shape index (κ2) is 9.30. The fraction of sp³-hybridized carbons (Fsp3) is 0.421. The lowest BCUT2D eigenvalue weighted by Gasteiger charge is -2.34. The van der Waals surface area contributed by atoms with Crippen LogP contribution in [0.5, 0.6) is 5.75 Å². The van der Waals surface area contributed by atoms with Crippen molar-refractivity contribution in [2.45, 2.75) is 13.8 Å². The zero-order valence-electron chi connectivity index (χ0n) is 15.9. The minimum atomic E-state index is -0.0795. The van der Waals surface area contributed by atoms with E-state index in [4.69, 9.17) is 27.9 Å². The summed E-state index contributed by atoms with van der Waals surface area (Å²) in [5.74, 6) is 1.87. The molecule has 150 valence electrons. The van der Waals surface area contributed by atoms with Gasteiger partial charge >= 0.3 is 0 Å². The number of hydrogen-bond acceptors (Lipinski definition) is 6. The summed E-state index contributed by atoms with van der Waals surface area (Å²) in [6, 6.07) is 6.85. The minimum Gasteiger partial charge on any atom is -0.482 e. The Morgan fingerprint density at radius 2 is 1.93 bits per heavy atom. The summed E-state index contributed by atoms with van der Waals surface area (Å²) in [5, 5.41) is 4.13. The number of anilines is 2. The Morgan fingerprint density at radius 3 is 2.61 bits per heavy atom. The van der Waals surface area contributed by atoms with Crippen LogP contribution in [-0.4, -0.2) is 60.1 Å². The normalized spacial score (nSPS) is 14.1. The lowest BCUT2D eigenvalue weighted by Crippen LogP contribution is -2.50. The van der Waals surface area contributed by atoms with Crippen molar-refractivity contribution < 1.29 is 9.53 Å². The lowest BCUT2D eigenvalue weighted by atomic mass is 10.3. The van der Waals surface area contributed by atoms with E-state index in [1.807, 2.05) is 19.9 Å². The SMILES string of the molecule is CCNc1cc(C)nc(N2CCN(C(=O)COc3ccc(Cl)cc3Cl)CC2)n1. The molecule has 9 heteroatoms. The van der Waals surface area contributed by atoms with Crippen molar-refractivity contribution in [2.75, 3.05) is 49.5 Å². The van der Waals surface area contributed by atoms with Gasteiger partial charge in [0, 0.05) is 49.5 Å². The zero-order chi connectivity index (χ0) is 20.1. The van der Waals surface area contributed by atoms with Crippen LogP contribution in [0.25, 0.3) is 0 Å². The van der Waals surface area contributed by atoms with Crippen molar-refractivity contribution in [3.63, 3.8) is 0 Å². The van der Waals surface area contributed by atoms with Crippen LogP contribution in [0.1, 0.15) is 12.6 Å². The Morgan fingerprint density at radius 1 is 1.18 bits per heavy atom. The Labute approximate surface area is 174 Å². The number of aromatic nitrogens is 2. The monoisotopic (exact) mass is 423 g/mol. The van der Waals surface area contributed by atoms with Gasteiger partial charge in [0.15, 0.2) is 6.61 Å². The van der Waals surface area contributed by atoms with E-state index in [0.717, 1.165) is 18.1 Å². The van der Waals surface area contributed by atoms with Gasteiger partial charge in [-0.05, 0) is 32.0 Å². The first kappa shape index (κ1) is 20.5. The largest absolute Gasteiger partial charge is 0.482 e. The fourth-order valence-corrected chi connectivity index (χ4v) is 3.41. The molecule has 28 heavy (non-hydrogen) atoms. The summed E-state index contributed by atoms with van der Waals surface area (Å²) >= 11 is 11.9. The highest BCUT2D eigenvalue weighted by Crippen LogP contribution is 2.27. The molecular weight excluding hydrogens is 401 g/mol. The van der Waals surface area contributed by atoms with Crippen molar-refractivity contribution >= 4 is 40.9 Å². The summed E-state index contributed by atoms with van der Waals surface area (Å²) < 4.78 is 5.55. The minimum absolute atomic E-state index is 0.0626. The number of halogens is 2. The number of nitrogens with zero attached hydrogens (tertiary/aromatic N) is 4. The third kappa shape index (κ3) is 5.17. The first-order chi connectivity index (χ1) is 13.5. The Kier molecular flexibility index (Phi) is 6.80. The maximum absolute atomic E-state index is 12.5. The molecule has 0 atom stereocenters. The molecule has 1 N–H and O–H groups in total. The number of rotatable bonds is 6. The zero-order valence-corrected chi connectivity index (χ0v) is 17.4. The number of carbonyl (C=O) groups is 1. The molecule has 1 saturated heterocycles. The predicted molar refractivity (Wildman–Crippen MR) is 112 cm³/mol. The van der Waals surface area contributed by atoms with Gasteiger partial charge in [-0.25, -0.2) is 4.98 Å². The average Bonchev–Trinajstić information content (AvgIpc) is 2.67. The van der Waals surface area contributed by atoms with E-state index < -0.39 is 0 Å². The molecular formula is C19H23Cl2N5O2.